The molecule has 0 radical (unpaired) electrons. The van der Waals surface area contributed by atoms with E-state index in [0.717, 1.165) is 43.7 Å². The van der Waals surface area contributed by atoms with Gasteiger partial charge in [0.05, 0.1) is 0 Å². The van der Waals surface area contributed by atoms with E-state index in [1.54, 1.807) is 0 Å². The van der Waals surface area contributed by atoms with Crippen LogP contribution in [-0.4, -0.2) is 0 Å². The van der Waals surface area contributed by atoms with Crippen molar-refractivity contribution in [2.24, 2.45) is 0 Å². The smallest absolute Gasteiger partial charge is 0.171 e. The number of fused-ring (bicyclic) bond motifs is 6. The summed E-state index contributed by atoms with van der Waals surface area (Å²) in [7, 11) is -3.28. The first-order valence-electron chi connectivity index (χ1n) is 18.4. The van der Waals surface area contributed by atoms with Gasteiger partial charge in [-0.15, -0.1) is 0 Å². The van der Waals surface area contributed by atoms with E-state index in [1.165, 1.54) is 48.7 Å². The van der Waals surface area contributed by atoms with Gasteiger partial charge < -0.3 is 4.57 Å². The molecule has 0 bridgehead atoms. The van der Waals surface area contributed by atoms with Crippen LogP contribution < -0.4 is 15.9 Å². The molecule has 0 aliphatic carbocycles. The van der Waals surface area contributed by atoms with Crippen molar-refractivity contribution >= 4 is 66.1 Å². The fourth-order valence-corrected chi connectivity index (χ4v) is 10.8. The van der Waals surface area contributed by atoms with Crippen molar-refractivity contribution in [1.29, 1.82) is 0 Å². The topological polar surface area (TPSA) is 17.1 Å². The van der Waals surface area contributed by atoms with Gasteiger partial charge in [-0.05, 0) is 82.5 Å². The minimum absolute atomic E-state index is 0.811. The van der Waals surface area contributed by atoms with Crippen LogP contribution in [-0.2, 0) is 4.57 Å². The highest BCUT2D eigenvalue weighted by Crippen LogP contribution is 2.46. The standard InChI is InChI=1S/C52H35OP/c53-54(44-28-21-38(22-29-44)36-11-3-1-4-12-36,45-30-23-39(24-31-45)37-13-5-2-6-14-37)46-32-25-42(26-33-46)51-49-34-27-40-15-7-9-17-47(40)50(49)35-43-20-19-41-16-8-10-18-48(41)52(43)51/h1-35H. The van der Waals surface area contributed by atoms with Gasteiger partial charge in [-0.3, -0.25) is 0 Å². The van der Waals surface area contributed by atoms with Crippen LogP contribution in [0.2, 0.25) is 0 Å². The molecule has 254 valence electrons. The Kier molecular flexibility index (Phi) is 7.83. The van der Waals surface area contributed by atoms with Gasteiger partial charge in [-0.2, -0.15) is 0 Å². The van der Waals surface area contributed by atoms with E-state index in [1.807, 2.05) is 12.1 Å². The molecule has 0 aliphatic heterocycles. The molecule has 0 saturated heterocycles. The van der Waals surface area contributed by atoms with Gasteiger partial charge in [-0.25, -0.2) is 0 Å². The molecule has 54 heavy (non-hydrogen) atoms. The molecule has 0 spiro atoms. The van der Waals surface area contributed by atoms with Crippen LogP contribution in [0.4, 0.5) is 0 Å². The predicted molar refractivity (Wildman–Crippen MR) is 232 cm³/mol. The van der Waals surface area contributed by atoms with E-state index in [9.17, 15) is 0 Å². The summed E-state index contributed by atoms with van der Waals surface area (Å²) < 4.78 is 15.9. The Balaban J connectivity index is 1.16. The van der Waals surface area contributed by atoms with Crippen LogP contribution in [0.1, 0.15) is 0 Å². The van der Waals surface area contributed by atoms with Crippen molar-refractivity contribution in [1.82, 2.24) is 0 Å². The summed E-state index contributed by atoms with van der Waals surface area (Å²) in [6.45, 7) is 0. The van der Waals surface area contributed by atoms with E-state index >= 15 is 4.57 Å². The summed E-state index contributed by atoms with van der Waals surface area (Å²) in [4.78, 5) is 0. The molecule has 0 N–H and O–H groups in total. The highest BCUT2D eigenvalue weighted by Gasteiger charge is 2.30. The molecule has 10 aromatic carbocycles. The third-order valence-corrected chi connectivity index (χ3v) is 14.0. The Bertz CT molecular complexity index is 2930. The first-order chi connectivity index (χ1) is 26.6. The van der Waals surface area contributed by atoms with E-state index in [0.29, 0.717) is 0 Å². The summed E-state index contributed by atoms with van der Waals surface area (Å²) in [6.07, 6.45) is 0. The maximum Gasteiger partial charge on any atom is 0.171 e. The summed E-state index contributed by atoms with van der Waals surface area (Å²) in [5, 5.41) is 12.2. The number of hydrogen-bond acceptors (Lipinski definition) is 1. The van der Waals surface area contributed by atoms with Crippen LogP contribution in [0.25, 0.3) is 76.5 Å². The fourth-order valence-electron chi connectivity index (χ4n) is 8.22. The molecule has 0 aromatic heterocycles. The van der Waals surface area contributed by atoms with Crippen LogP contribution >= 0.6 is 7.14 Å². The lowest BCUT2D eigenvalue weighted by molar-refractivity contribution is 0.592. The Hall–Kier alpha value is -6.53. The first-order valence-corrected chi connectivity index (χ1v) is 20.1. The maximum absolute atomic E-state index is 15.9. The Morgan fingerprint density at radius 1 is 0.278 bits per heavy atom. The second-order valence-electron chi connectivity index (χ2n) is 14.0. The lowest BCUT2D eigenvalue weighted by Gasteiger charge is -2.22. The van der Waals surface area contributed by atoms with Crippen molar-refractivity contribution in [2.45, 2.75) is 0 Å². The minimum Gasteiger partial charge on any atom is -0.309 e. The van der Waals surface area contributed by atoms with Crippen LogP contribution in [0.3, 0.4) is 0 Å². The molecule has 0 aliphatic rings. The average Bonchev–Trinajstić information content (AvgIpc) is 3.26. The van der Waals surface area contributed by atoms with Crippen molar-refractivity contribution in [3.63, 3.8) is 0 Å². The zero-order chi connectivity index (χ0) is 36.1. The number of benzene rings is 10. The lowest BCUT2D eigenvalue weighted by atomic mass is 9.87. The van der Waals surface area contributed by atoms with Crippen molar-refractivity contribution < 1.29 is 4.57 Å². The monoisotopic (exact) mass is 706 g/mol. The Morgan fingerprint density at radius 3 is 1.24 bits per heavy atom. The molecule has 2 heteroatoms. The molecule has 0 atom stereocenters. The van der Waals surface area contributed by atoms with Gasteiger partial charge in [0, 0.05) is 15.9 Å². The largest absolute Gasteiger partial charge is 0.309 e. The molecule has 0 saturated carbocycles. The maximum atomic E-state index is 15.9. The third-order valence-electron chi connectivity index (χ3n) is 10.9. The lowest BCUT2D eigenvalue weighted by Crippen LogP contribution is -2.25. The quantitative estimate of drug-likeness (QED) is 0.0956. The van der Waals surface area contributed by atoms with Crippen molar-refractivity contribution in [3.8, 4) is 33.4 Å². The normalized spacial score (nSPS) is 11.8. The molecule has 1 nitrogen and oxygen atoms in total. The predicted octanol–water partition coefficient (Wildman–Crippen LogP) is 12.9. The summed E-state index contributed by atoms with van der Waals surface area (Å²) in [5.74, 6) is 0. The number of rotatable bonds is 6. The molecular weight excluding hydrogens is 672 g/mol. The zero-order valence-corrected chi connectivity index (χ0v) is 30.5. The van der Waals surface area contributed by atoms with E-state index in [2.05, 4.69) is 200 Å². The van der Waals surface area contributed by atoms with Gasteiger partial charge >= 0.3 is 0 Å². The van der Waals surface area contributed by atoms with E-state index in [4.69, 9.17) is 0 Å². The van der Waals surface area contributed by atoms with Gasteiger partial charge in [-0.1, -0.05) is 206 Å². The van der Waals surface area contributed by atoms with Gasteiger partial charge in [0.1, 0.15) is 0 Å². The van der Waals surface area contributed by atoms with Crippen LogP contribution in [0.15, 0.2) is 212 Å². The fraction of sp³-hybridized carbons (Fsp3) is 0. The van der Waals surface area contributed by atoms with Crippen LogP contribution in [0, 0.1) is 0 Å². The summed E-state index contributed by atoms with van der Waals surface area (Å²) in [5.41, 5.74) is 6.78. The minimum atomic E-state index is -3.28. The Labute approximate surface area is 315 Å². The molecule has 0 fully saturated rings. The summed E-state index contributed by atoms with van der Waals surface area (Å²) >= 11 is 0. The SMILES string of the molecule is O=P(c1ccc(-c2ccccc2)cc1)(c1ccc(-c2ccccc2)cc1)c1ccc(-c2c3ccc4ccccc4c3cc3ccc4ccccc4c23)cc1. The second-order valence-corrected chi connectivity index (χ2v) is 16.8. The van der Waals surface area contributed by atoms with Gasteiger partial charge in [0.2, 0.25) is 0 Å². The average molecular weight is 707 g/mol. The van der Waals surface area contributed by atoms with Crippen LogP contribution in [0.5, 0.6) is 0 Å². The van der Waals surface area contributed by atoms with Gasteiger partial charge in [0.15, 0.2) is 7.14 Å². The molecule has 10 rings (SSSR count). The second kappa shape index (κ2) is 13.2. The first kappa shape index (κ1) is 32.1. The highest BCUT2D eigenvalue weighted by molar-refractivity contribution is 7.85. The molecule has 10 aromatic rings. The zero-order valence-electron chi connectivity index (χ0n) is 29.6. The number of hydrogen-bond donors (Lipinski definition) is 0. The van der Waals surface area contributed by atoms with Crippen molar-refractivity contribution in [2.75, 3.05) is 0 Å². The highest BCUT2D eigenvalue weighted by atomic mass is 31.2. The molecule has 0 heterocycles. The third kappa shape index (κ3) is 5.36. The molecule has 0 unspecified atom stereocenters. The molecule has 0 amide bonds. The van der Waals surface area contributed by atoms with Gasteiger partial charge in [0.25, 0.3) is 0 Å². The summed E-state index contributed by atoms with van der Waals surface area (Å²) in [6, 6.07) is 74.5. The van der Waals surface area contributed by atoms with E-state index < -0.39 is 7.14 Å². The Morgan fingerprint density at radius 2 is 0.685 bits per heavy atom. The molecular formula is C52H35OP. The van der Waals surface area contributed by atoms with Crippen molar-refractivity contribution in [3.05, 3.63) is 212 Å². The van der Waals surface area contributed by atoms with E-state index in [-0.39, 0.29) is 0 Å².